The summed E-state index contributed by atoms with van der Waals surface area (Å²) in [6.07, 6.45) is 0. The van der Waals surface area contributed by atoms with Crippen LogP contribution < -0.4 is 14.2 Å². The number of carboxylic acids is 1. The highest BCUT2D eigenvalue weighted by atomic mass is 16.5. The molecule has 2 aromatic rings. The summed E-state index contributed by atoms with van der Waals surface area (Å²) < 4.78 is 20.6. The number of rotatable bonds is 5. The molecule has 1 aromatic heterocycles. The highest BCUT2D eigenvalue weighted by Gasteiger charge is 2.18. The maximum atomic E-state index is 10.8. The number of aromatic nitrogens is 1. The molecule has 0 unspecified atom stereocenters. The van der Waals surface area contributed by atoms with Crippen LogP contribution in [-0.4, -0.2) is 37.6 Å². The van der Waals surface area contributed by atoms with Gasteiger partial charge >= 0.3 is 5.97 Å². The van der Waals surface area contributed by atoms with E-state index in [9.17, 15) is 4.79 Å². The number of benzene rings is 1. The first-order valence-electron chi connectivity index (χ1n) is 5.61. The Labute approximate surface area is 114 Å². The molecule has 0 saturated carbocycles. The van der Waals surface area contributed by atoms with E-state index in [1.165, 1.54) is 27.4 Å². The third-order valence-corrected chi connectivity index (χ3v) is 2.70. The van der Waals surface area contributed by atoms with E-state index in [4.69, 9.17) is 23.8 Å². The van der Waals surface area contributed by atoms with Crippen LogP contribution in [0, 0.1) is 0 Å². The van der Waals surface area contributed by atoms with E-state index >= 15 is 0 Å². The van der Waals surface area contributed by atoms with Gasteiger partial charge in [-0.2, -0.15) is 0 Å². The normalized spacial score (nSPS) is 10.2. The van der Waals surface area contributed by atoms with Gasteiger partial charge in [0.1, 0.15) is 5.75 Å². The molecule has 0 spiro atoms. The minimum atomic E-state index is -1.17. The molecule has 0 atom stereocenters. The Balaban J connectivity index is 2.56. The first-order chi connectivity index (χ1) is 9.60. The number of hydrogen-bond donors (Lipinski definition) is 1. The van der Waals surface area contributed by atoms with Gasteiger partial charge < -0.3 is 23.8 Å². The summed E-state index contributed by atoms with van der Waals surface area (Å²) in [5.41, 5.74) is 0.335. The van der Waals surface area contributed by atoms with Crippen molar-refractivity contribution in [3.63, 3.8) is 0 Å². The fourth-order valence-electron chi connectivity index (χ4n) is 1.72. The molecule has 0 bridgehead atoms. The maximum absolute atomic E-state index is 10.8. The Hall–Kier alpha value is -2.70. The number of methoxy groups -OCH3 is 3. The average molecular weight is 279 g/mol. The monoisotopic (exact) mass is 279 g/mol. The molecule has 1 N–H and O–H groups in total. The van der Waals surface area contributed by atoms with Gasteiger partial charge in [0.2, 0.25) is 0 Å². The van der Waals surface area contributed by atoms with Crippen molar-refractivity contribution in [1.82, 2.24) is 5.16 Å². The van der Waals surface area contributed by atoms with Crippen LogP contribution in [0.1, 0.15) is 10.5 Å². The summed E-state index contributed by atoms with van der Waals surface area (Å²) in [6, 6.07) is 4.56. The molecule has 106 valence electrons. The summed E-state index contributed by atoms with van der Waals surface area (Å²) in [6.45, 7) is 0. The third kappa shape index (κ3) is 2.37. The lowest BCUT2D eigenvalue weighted by molar-refractivity contribution is 0.0686. The second-order valence-corrected chi connectivity index (χ2v) is 3.79. The second-order valence-electron chi connectivity index (χ2n) is 3.79. The molecule has 7 heteroatoms. The van der Waals surface area contributed by atoms with Gasteiger partial charge in [-0.25, -0.2) is 4.79 Å². The first-order valence-corrected chi connectivity index (χ1v) is 5.61. The first kappa shape index (κ1) is 13.7. The Morgan fingerprint density at radius 2 is 1.65 bits per heavy atom. The average Bonchev–Trinajstić information content (AvgIpc) is 2.95. The molecule has 0 aliphatic carbocycles. The lowest BCUT2D eigenvalue weighted by atomic mass is 10.1. The number of carboxylic acid groups (broad SMARTS) is 1. The maximum Gasteiger partial charge on any atom is 0.358 e. The molecule has 2 rings (SSSR count). The molecular formula is C13H13NO6. The van der Waals surface area contributed by atoms with Gasteiger partial charge in [-0.15, -0.1) is 0 Å². The quantitative estimate of drug-likeness (QED) is 0.895. The molecule has 0 aliphatic heterocycles. The molecule has 1 aromatic carbocycles. The predicted molar refractivity (Wildman–Crippen MR) is 68.6 cm³/mol. The lowest BCUT2D eigenvalue weighted by Gasteiger charge is -2.12. The van der Waals surface area contributed by atoms with Crippen LogP contribution in [0.3, 0.4) is 0 Å². The molecule has 1 heterocycles. The van der Waals surface area contributed by atoms with Crippen LogP contribution in [0.2, 0.25) is 0 Å². The summed E-state index contributed by atoms with van der Waals surface area (Å²) in [7, 11) is 4.49. The highest BCUT2D eigenvalue weighted by Crippen LogP contribution is 2.40. The summed E-state index contributed by atoms with van der Waals surface area (Å²) in [5.74, 6) is 0.512. The molecular weight excluding hydrogens is 266 g/mol. The van der Waals surface area contributed by atoms with Crippen molar-refractivity contribution >= 4 is 5.97 Å². The highest BCUT2D eigenvalue weighted by molar-refractivity contribution is 5.87. The van der Waals surface area contributed by atoms with E-state index in [1.807, 2.05) is 0 Å². The van der Waals surface area contributed by atoms with Gasteiger partial charge in [-0.3, -0.25) is 0 Å². The molecule has 0 aliphatic rings. The van der Waals surface area contributed by atoms with E-state index < -0.39 is 5.97 Å². The molecule has 0 fully saturated rings. The van der Waals surface area contributed by atoms with Crippen LogP contribution in [0.25, 0.3) is 11.3 Å². The predicted octanol–water partition coefficient (Wildman–Crippen LogP) is 2.07. The summed E-state index contributed by atoms with van der Waals surface area (Å²) in [4.78, 5) is 10.8. The van der Waals surface area contributed by atoms with Gasteiger partial charge in [0.05, 0.1) is 26.9 Å². The SMILES string of the molecule is COc1cc(OC)c(-c2cc(C(=O)O)no2)cc1OC. The van der Waals surface area contributed by atoms with Crippen LogP contribution in [-0.2, 0) is 0 Å². The van der Waals surface area contributed by atoms with Crippen molar-refractivity contribution in [1.29, 1.82) is 0 Å². The fourth-order valence-corrected chi connectivity index (χ4v) is 1.72. The lowest BCUT2D eigenvalue weighted by Crippen LogP contribution is -1.95. The van der Waals surface area contributed by atoms with Crippen molar-refractivity contribution in [3.8, 4) is 28.6 Å². The summed E-state index contributed by atoms with van der Waals surface area (Å²) >= 11 is 0. The van der Waals surface area contributed by atoms with E-state index in [2.05, 4.69) is 5.16 Å². The minimum absolute atomic E-state index is 0.183. The Bertz CT molecular complexity index is 634. The third-order valence-electron chi connectivity index (χ3n) is 2.70. The Morgan fingerprint density at radius 3 is 2.15 bits per heavy atom. The van der Waals surface area contributed by atoms with Gasteiger partial charge in [-0.05, 0) is 6.07 Å². The minimum Gasteiger partial charge on any atom is -0.496 e. The molecule has 0 saturated heterocycles. The second kappa shape index (κ2) is 5.52. The van der Waals surface area contributed by atoms with Crippen molar-refractivity contribution in [2.24, 2.45) is 0 Å². The number of ether oxygens (including phenoxy) is 3. The largest absolute Gasteiger partial charge is 0.496 e. The number of nitrogens with zero attached hydrogens (tertiary/aromatic N) is 1. The smallest absolute Gasteiger partial charge is 0.358 e. The zero-order chi connectivity index (χ0) is 14.7. The van der Waals surface area contributed by atoms with Gasteiger partial charge in [0.25, 0.3) is 0 Å². The van der Waals surface area contributed by atoms with Crippen molar-refractivity contribution in [2.75, 3.05) is 21.3 Å². The number of aromatic carboxylic acids is 1. The van der Waals surface area contributed by atoms with Crippen LogP contribution in [0.15, 0.2) is 22.7 Å². The molecule has 0 amide bonds. The standard InChI is InChI=1S/C13H13NO6/c1-17-9-6-12(19-3)11(18-2)4-7(9)10-5-8(13(15)16)14-20-10/h4-6H,1-3H3,(H,15,16). The summed E-state index contributed by atoms with van der Waals surface area (Å²) in [5, 5.41) is 12.3. The van der Waals surface area contributed by atoms with Crippen LogP contribution in [0.4, 0.5) is 0 Å². The van der Waals surface area contributed by atoms with Crippen LogP contribution in [0.5, 0.6) is 17.2 Å². The van der Waals surface area contributed by atoms with E-state index in [-0.39, 0.29) is 11.5 Å². The molecule has 0 radical (unpaired) electrons. The number of hydrogen-bond acceptors (Lipinski definition) is 6. The van der Waals surface area contributed by atoms with Gasteiger partial charge in [0, 0.05) is 12.1 Å². The van der Waals surface area contributed by atoms with E-state index in [0.29, 0.717) is 22.8 Å². The fraction of sp³-hybridized carbons (Fsp3) is 0.231. The topological polar surface area (TPSA) is 91.0 Å². The van der Waals surface area contributed by atoms with E-state index in [1.54, 1.807) is 12.1 Å². The van der Waals surface area contributed by atoms with Crippen LogP contribution >= 0.6 is 0 Å². The Morgan fingerprint density at radius 1 is 1.05 bits per heavy atom. The molecule has 7 nitrogen and oxygen atoms in total. The zero-order valence-electron chi connectivity index (χ0n) is 11.2. The van der Waals surface area contributed by atoms with Crippen molar-refractivity contribution in [2.45, 2.75) is 0 Å². The van der Waals surface area contributed by atoms with Crippen molar-refractivity contribution < 1.29 is 28.6 Å². The Kier molecular flexibility index (Phi) is 3.79. The van der Waals surface area contributed by atoms with Gasteiger partial charge in [-0.1, -0.05) is 5.16 Å². The van der Waals surface area contributed by atoms with Gasteiger partial charge in [0.15, 0.2) is 23.0 Å². The number of carbonyl (C=O) groups is 1. The van der Waals surface area contributed by atoms with Crippen molar-refractivity contribution in [3.05, 3.63) is 23.9 Å². The zero-order valence-corrected chi connectivity index (χ0v) is 11.2. The van der Waals surface area contributed by atoms with E-state index in [0.717, 1.165) is 0 Å². The molecule has 20 heavy (non-hydrogen) atoms.